The lowest BCUT2D eigenvalue weighted by atomic mass is 10.1. The molecule has 0 aliphatic rings. The molecule has 2 heterocycles. The number of hydrogen-bond acceptors (Lipinski definition) is 10. The first-order chi connectivity index (χ1) is 18.7. The lowest BCUT2D eigenvalue weighted by Gasteiger charge is -2.19. The highest BCUT2D eigenvalue weighted by atomic mass is 19.1. The van der Waals surface area contributed by atoms with Gasteiger partial charge >= 0.3 is 0 Å². The molecule has 0 bridgehead atoms. The predicted octanol–water partition coefficient (Wildman–Crippen LogP) is 4.05. The maximum absolute atomic E-state index is 14.7. The zero-order valence-electron chi connectivity index (χ0n) is 22.0. The van der Waals surface area contributed by atoms with Crippen molar-refractivity contribution < 1.29 is 33.2 Å². The lowest BCUT2D eigenvalue weighted by molar-refractivity contribution is 0.0754. The molecule has 2 unspecified atom stereocenters. The van der Waals surface area contributed by atoms with Gasteiger partial charge in [-0.25, -0.2) is 4.39 Å². The van der Waals surface area contributed by atoms with Crippen molar-refractivity contribution >= 4 is 5.91 Å². The minimum absolute atomic E-state index is 0.128. The van der Waals surface area contributed by atoms with Crippen LogP contribution in [0.5, 0.6) is 5.75 Å². The van der Waals surface area contributed by atoms with Gasteiger partial charge in [0.15, 0.2) is 6.10 Å². The van der Waals surface area contributed by atoms with Gasteiger partial charge in [-0.05, 0) is 49.7 Å². The number of carbonyl (C=O) groups excluding carboxylic acids is 1. The van der Waals surface area contributed by atoms with Gasteiger partial charge in [-0.15, -0.1) is 0 Å². The second-order valence-corrected chi connectivity index (χ2v) is 9.30. The predicted molar refractivity (Wildman–Crippen MR) is 137 cm³/mol. The lowest BCUT2D eigenvalue weighted by Crippen LogP contribution is -2.44. The molecule has 0 fully saturated rings. The maximum Gasteiger partial charge on any atom is 0.268 e. The van der Waals surface area contributed by atoms with E-state index in [4.69, 9.17) is 13.8 Å². The Labute approximate surface area is 224 Å². The van der Waals surface area contributed by atoms with Gasteiger partial charge in [0.1, 0.15) is 11.6 Å². The van der Waals surface area contributed by atoms with Crippen LogP contribution in [0.2, 0.25) is 0 Å². The van der Waals surface area contributed by atoms with Crippen molar-refractivity contribution in [3.05, 3.63) is 65.6 Å². The Morgan fingerprint density at radius 2 is 1.62 bits per heavy atom. The molecule has 0 aliphatic carbocycles. The Morgan fingerprint density at radius 3 is 2.18 bits per heavy atom. The van der Waals surface area contributed by atoms with E-state index in [0.29, 0.717) is 29.4 Å². The fourth-order valence-corrected chi connectivity index (χ4v) is 3.63. The number of ether oxygens (including phenoxy) is 1. The van der Waals surface area contributed by atoms with Crippen LogP contribution in [0, 0.1) is 5.82 Å². The average Bonchev–Trinajstić information content (AvgIpc) is 3.61. The van der Waals surface area contributed by atoms with Crippen LogP contribution in [0.25, 0.3) is 22.8 Å². The number of aliphatic hydroxyl groups excluding tert-OH is 2. The van der Waals surface area contributed by atoms with Crippen molar-refractivity contribution in [2.24, 2.45) is 0 Å². The minimum Gasteiger partial charge on any atom is -0.481 e. The van der Waals surface area contributed by atoms with Crippen LogP contribution >= 0.6 is 0 Å². The molecule has 3 atom stereocenters. The molecule has 0 spiro atoms. The second kappa shape index (κ2) is 12.1. The molecule has 0 saturated heterocycles. The van der Waals surface area contributed by atoms with Gasteiger partial charge in [-0.1, -0.05) is 37.2 Å². The van der Waals surface area contributed by atoms with Gasteiger partial charge in [-0.2, -0.15) is 9.97 Å². The molecular formula is C27H30FN5O6. The maximum atomic E-state index is 14.7. The van der Waals surface area contributed by atoms with E-state index < -0.39 is 36.6 Å². The minimum atomic E-state index is -1.01. The first-order valence-electron chi connectivity index (χ1n) is 12.5. The molecule has 39 heavy (non-hydrogen) atoms. The molecule has 0 aliphatic heterocycles. The normalized spacial score (nSPS) is 13.7. The molecule has 2 aromatic carbocycles. The topological polar surface area (TPSA) is 157 Å². The average molecular weight is 540 g/mol. The van der Waals surface area contributed by atoms with Crippen molar-refractivity contribution in [3.63, 3.8) is 0 Å². The number of nitrogens with one attached hydrogen (secondary N) is 1. The van der Waals surface area contributed by atoms with E-state index in [1.54, 1.807) is 12.1 Å². The van der Waals surface area contributed by atoms with Crippen LogP contribution in [-0.4, -0.2) is 55.2 Å². The number of benzene rings is 2. The van der Waals surface area contributed by atoms with E-state index in [2.05, 4.69) is 25.6 Å². The highest BCUT2D eigenvalue weighted by molar-refractivity contribution is 5.95. The van der Waals surface area contributed by atoms with E-state index >= 15 is 0 Å². The summed E-state index contributed by atoms with van der Waals surface area (Å²) in [6.07, 6.45) is -1.04. The molecule has 1 amide bonds. The summed E-state index contributed by atoms with van der Waals surface area (Å²) in [6, 6.07) is 10.1. The monoisotopic (exact) mass is 539 g/mol. The fourth-order valence-electron chi connectivity index (χ4n) is 3.63. The Kier molecular flexibility index (Phi) is 8.67. The Morgan fingerprint density at radius 1 is 1.00 bits per heavy atom. The third-order valence-electron chi connectivity index (χ3n) is 5.98. The Balaban J connectivity index is 1.45. The van der Waals surface area contributed by atoms with Crippen LogP contribution in [0.3, 0.4) is 0 Å². The molecule has 4 rings (SSSR count). The number of nitrogens with zero attached hydrogens (tertiary/aromatic N) is 4. The zero-order valence-corrected chi connectivity index (χ0v) is 22.0. The molecule has 4 aromatic rings. The van der Waals surface area contributed by atoms with Gasteiger partial charge < -0.3 is 29.3 Å². The smallest absolute Gasteiger partial charge is 0.268 e. The van der Waals surface area contributed by atoms with Crippen molar-refractivity contribution in [3.8, 4) is 28.5 Å². The summed E-state index contributed by atoms with van der Waals surface area (Å²) in [5.41, 5.74) is 0.831. The van der Waals surface area contributed by atoms with E-state index in [-0.39, 0.29) is 23.2 Å². The summed E-state index contributed by atoms with van der Waals surface area (Å²) in [6.45, 7) is 6.77. The number of hydrogen-bond donors (Lipinski definition) is 3. The SMILES string of the molecule is CCC(Oc1ccc(-c2noc(C(C)C)n2)cc1)c1nc(-c2ccc(C(=O)NC(CO)[C@@H](C)O)c(F)c2)no1. The number of aliphatic hydroxyl groups is 2. The second-order valence-electron chi connectivity index (χ2n) is 9.30. The molecule has 0 saturated carbocycles. The highest BCUT2D eigenvalue weighted by Crippen LogP contribution is 2.28. The number of rotatable bonds is 11. The number of amides is 1. The quantitative estimate of drug-likeness (QED) is 0.254. The van der Waals surface area contributed by atoms with Gasteiger partial charge in [0.2, 0.25) is 17.5 Å². The summed E-state index contributed by atoms with van der Waals surface area (Å²) in [7, 11) is 0. The molecule has 11 nitrogen and oxygen atoms in total. The number of halogens is 1. The van der Waals surface area contributed by atoms with E-state index in [1.165, 1.54) is 19.1 Å². The molecule has 3 N–H and O–H groups in total. The first-order valence-corrected chi connectivity index (χ1v) is 12.5. The highest BCUT2D eigenvalue weighted by Gasteiger charge is 2.23. The van der Waals surface area contributed by atoms with Crippen LogP contribution in [-0.2, 0) is 0 Å². The summed E-state index contributed by atoms with van der Waals surface area (Å²) in [5, 5.41) is 29.2. The van der Waals surface area contributed by atoms with Crippen molar-refractivity contribution in [1.29, 1.82) is 0 Å². The van der Waals surface area contributed by atoms with Crippen LogP contribution in [0.15, 0.2) is 51.5 Å². The van der Waals surface area contributed by atoms with Crippen LogP contribution < -0.4 is 10.1 Å². The number of carbonyl (C=O) groups is 1. The molecule has 206 valence electrons. The van der Waals surface area contributed by atoms with Crippen LogP contribution in [0.1, 0.15) is 68.3 Å². The zero-order chi connectivity index (χ0) is 28.1. The molecule has 12 heteroatoms. The summed E-state index contributed by atoms with van der Waals surface area (Å²) in [5.74, 6) is 0.510. The fraction of sp³-hybridized carbons (Fsp3) is 0.370. The summed E-state index contributed by atoms with van der Waals surface area (Å²) >= 11 is 0. The van der Waals surface area contributed by atoms with Crippen LogP contribution in [0.4, 0.5) is 4.39 Å². The van der Waals surface area contributed by atoms with Crippen molar-refractivity contribution in [1.82, 2.24) is 25.6 Å². The largest absolute Gasteiger partial charge is 0.481 e. The molecule has 0 radical (unpaired) electrons. The van der Waals surface area contributed by atoms with Gasteiger partial charge in [0, 0.05) is 17.0 Å². The summed E-state index contributed by atoms with van der Waals surface area (Å²) < 4.78 is 31.5. The van der Waals surface area contributed by atoms with E-state index in [0.717, 1.165) is 11.6 Å². The Bertz CT molecular complexity index is 1400. The van der Waals surface area contributed by atoms with Crippen molar-refractivity contribution in [2.45, 2.75) is 58.3 Å². The third kappa shape index (κ3) is 6.47. The van der Waals surface area contributed by atoms with Crippen molar-refractivity contribution in [2.75, 3.05) is 6.61 Å². The van der Waals surface area contributed by atoms with Gasteiger partial charge in [0.05, 0.1) is 24.3 Å². The standard InChI is InChI=1S/C27H30FN5O6/c1-5-22(37-18-9-6-16(7-10-18)23-30-26(14(2)3)38-32-23)27-31-24(33-39-27)17-8-11-19(20(28)12-17)25(36)29-21(13-34)15(4)35/h6-12,14-15,21-22,34-35H,5,13H2,1-4H3,(H,29,36)/t15-,21?,22?/m1/s1. The first kappa shape index (κ1) is 27.9. The molecular weight excluding hydrogens is 509 g/mol. The van der Waals surface area contributed by atoms with E-state index in [9.17, 15) is 19.4 Å². The summed E-state index contributed by atoms with van der Waals surface area (Å²) in [4.78, 5) is 21.1. The van der Waals surface area contributed by atoms with Gasteiger partial charge in [-0.3, -0.25) is 4.79 Å². The number of aromatic nitrogens is 4. The van der Waals surface area contributed by atoms with E-state index in [1.807, 2.05) is 32.9 Å². The third-order valence-corrected chi connectivity index (χ3v) is 5.98. The van der Waals surface area contributed by atoms with Gasteiger partial charge in [0.25, 0.3) is 11.8 Å². The Hall–Kier alpha value is -4.16. The molecule has 2 aromatic heterocycles.